The summed E-state index contributed by atoms with van der Waals surface area (Å²) in [4.78, 5) is 8.95. The average molecular weight is 528 g/mol. The fourth-order valence-electron chi connectivity index (χ4n) is 4.64. The molecule has 0 unspecified atom stereocenters. The minimum Gasteiger partial charge on any atom is -0.375 e. The molecule has 6 heteroatoms. The molecule has 1 aliphatic heterocycles. The lowest BCUT2D eigenvalue weighted by Gasteiger charge is -2.47. The first-order chi connectivity index (χ1) is 14.0. The van der Waals surface area contributed by atoms with Crippen molar-refractivity contribution in [2.75, 3.05) is 13.2 Å². The third kappa shape index (κ3) is 5.90. The molecule has 0 aromatic carbocycles. The van der Waals surface area contributed by atoms with Gasteiger partial charge < -0.3 is 10.1 Å². The third-order valence-electron chi connectivity index (χ3n) is 6.25. The van der Waals surface area contributed by atoms with Gasteiger partial charge >= 0.3 is 0 Å². The van der Waals surface area contributed by atoms with Gasteiger partial charge in [0.05, 0.1) is 9.17 Å². The van der Waals surface area contributed by atoms with E-state index in [-0.39, 0.29) is 11.0 Å². The van der Waals surface area contributed by atoms with Gasteiger partial charge in [-0.2, -0.15) is 0 Å². The minimum atomic E-state index is 0.000338. The van der Waals surface area contributed by atoms with E-state index in [2.05, 4.69) is 45.5 Å². The van der Waals surface area contributed by atoms with Crippen LogP contribution < -0.4 is 5.32 Å². The molecule has 158 valence electrons. The Bertz CT molecular complexity index is 773. The Labute approximate surface area is 193 Å². The van der Waals surface area contributed by atoms with E-state index in [0.717, 1.165) is 53.8 Å². The van der Waals surface area contributed by atoms with E-state index in [9.17, 15) is 0 Å². The van der Waals surface area contributed by atoms with Crippen molar-refractivity contribution >= 4 is 40.4 Å². The van der Waals surface area contributed by atoms with Gasteiger partial charge in [0.2, 0.25) is 0 Å². The maximum absolute atomic E-state index is 6.31. The zero-order valence-electron chi connectivity index (χ0n) is 17.2. The van der Waals surface area contributed by atoms with Gasteiger partial charge in [0.15, 0.2) is 0 Å². The Morgan fingerprint density at radius 2 is 2.21 bits per heavy atom. The Hall–Kier alpha value is -0.760. The fourth-order valence-corrected chi connectivity index (χ4v) is 5.28. The topological polar surface area (TPSA) is 46.5 Å². The summed E-state index contributed by atoms with van der Waals surface area (Å²) < 4.78 is 7.29. The highest BCUT2D eigenvalue weighted by Gasteiger charge is 2.48. The third-order valence-corrected chi connectivity index (χ3v) is 7.69. The average Bonchev–Trinajstić information content (AvgIpc) is 3.15. The Morgan fingerprint density at radius 3 is 2.93 bits per heavy atom. The van der Waals surface area contributed by atoms with Crippen molar-refractivity contribution in [3.05, 3.63) is 51.0 Å². The van der Waals surface area contributed by atoms with Gasteiger partial charge in [0, 0.05) is 36.7 Å². The first kappa shape index (κ1) is 22.9. The van der Waals surface area contributed by atoms with Crippen LogP contribution in [0.4, 0.5) is 0 Å². The summed E-state index contributed by atoms with van der Waals surface area (Å²) in [6, 6.07) is 2.08. The number of nitrogens with zero attached hydrogens (tertiary/aromatic N) is 2. The number of allylic oxidation sites excluding steroid dienone is 3. The second kappa shape index (κ2) is 10.5. The van der Waals surface area contributed by atoms with Gasteiger partial charge in [0.25, 0.3) is 0 Å². The van der Waals surface area contributed by atoms with E-state index in [1.807, 2.05) is 31.5 Å². The Balaban J connectivity index is 1.66. The number of halogens is 2. The lowest BCUT2D eigenvalue weighted by molar-refractivity contribution is -0.115. The molecule has 29 heavy (non-hydrogen) atoms. The highest BCUT2D eigenvalue weighted by Crippen LogP contribution is 2.52. The summed E-state index contributed by atoms with van der Waals surface area (Å²) in [6.45, 7) is 8.89. The standard InChI is InChI=1S/C23H31ClIN3O/c1-3-4-11-27-18(2)22(10-13-29-23(17-22)7-5-6-8-23)9-12-26-15-19-14-20(25)21(24)28-16-19/h3-4,11,14,16,26H,2,5-10,12-13,15,17H2,1H3/b4-3-,27-11-/t22-/m1/s1. The quantitative estimate of drug-likeness (QED) is 0.193. The summed E-state index contributed by atoms with van der Waals surface area (Å²) in [6.07, 6.45) is 15.6. The van der Waals surface area contributed by atoms with Gasteiger partial charge in [0.1, 0.15) is 5.15 Å². The molecule has 0 amide bonds. The molecular formula is C23H31ClIN3O. The van der Waals surface area contributed by atoms with Crippen LogP contribution in [-0.4, -0.2) is 30.0 Å². The van der Waals surface area contributed by atoms with E-state index in [1.165, 1.54) is 25.7 Å². The molecule has 1 saturated heterocycles. The number of pyridine rings is 1. The lowest BCUT2D eigenvalue weighted by Crippen LogP contribution is -2.45. The number of hydrogen-bond acceptors (Lipinski definition) is 4. The monoisotopic (exact) mass is 527 g/mol. The molecule has 1 spiro atoms. The second-order valence-corrected chi connectivity index (χ2v) is 9.76. The molecule has 1 aromatic rings. The van der Waals surface area contributed by atoms with E-state index < -0.39 is 0 Å². The highest BCUT2D eigenvalue weighted by atomic mass is 127. The highest BCUT2D eigenvalue weighted by molar-refractivity contribution is 14.1. The van der Waals surface area contributed by atoms with Crippen molar-refractivity contribution in [2.24, 2.45) is 10.4 Å². The molecule has 1 saturated carbocycles. The van der Waals surface area contributed by atoms with Crippen LogP contribution in [0.15, 0.2) is 41.7 Å². The van der Waals surface area contributed by atoms with Crippen molar-refractivity contribution in [1.82, 2.24) is 10.3 Å². The largest absolute Gasteiger partial charge is 0.375 e. The van der Waals surface area contributed by atoms with Crippen LogP contribution in [0.1, 0.15) is 57.4 Å². The van der Waals surface area contributed by atoms with Crippen LogP contribution in [0.5, 0.6) is 0 Å². The van der Waals surface area contributed by atoms with Gasteiger partial charge in [-0.3, -0.25) is 4.99 Å². The summed E-state index contributed by atoms with van der Waals surface area (Å²) in [5, 5.41) is 4.15. The number of hydrogen-bond donors (Lipinski definition) is 1. The minimum absolute atomic E-state index is 0.000338. The van der Waals surface area contributed by atoms with E-state index in [4.69, 9.17) is 21.3 Å². The molecule has 1 N–H and O–H groups in total. The number of aromatic nitrogens is 1. The summed E-state index contributed by atoms with van der Waals surface area (Å²) in [5.41, 5.74) is 2.18. The summed E-state index contributed by atoms with van der Waals surface area (Å²) in [5.74, 6) is 0. The van der Waals surface area contributed by atoms with Gasteiger partial charge in [-0.25, -0.2) is 4.98 Å². The predicted octanol–water partition coefficient (Wildman–Crippen LogP) is 6.09. The SMILES string of the molecule is C=C(/N=C\C=C/C)[C@]1(CCNCc2cnc(Cl)c(I)c2)CCOC2(CCCC2)C1. The molecule has 1 aliphatic carbocycles. The number of nitrogens with one attached hydrogen (secondary N) is 1. The summed E-state index contributed by atoms with van der Waals surface area (Å²) in [7, 11) is 0. The molecule has 2 aliphatic rings. The van der Waals surface area contributed by atoms with Crippen molar-refractivity contribution in [2.45, 2.75) is 64.0 Å². The molecule has 2 heterocycles. The predicted molar refractivity (Wildman–Crippen MR) is 130 cm³/mol. The van der Waals surface area contributed by atoms with Gasteiger partial charge in [-0.05, 0) is 85.9 Å². The van der Waals surface area contributed by atoms with Crippen LogP contribution in [0.2, 0.25) is 5.15 Å². The summed E-state index contributed by atoms with van der Waals surface area (Å²) >= 11 is 8.25. The number of aliphatic imine (C=N–C) groups is 1. The molecule has 0 radical (unpaired) electrons. The zero-order valence-corrected chi connectivity index (χ0v) is 20.1. The van der Waals surface area contributed by atoms with Crippen molar-refractivity contribution in [3.63, 3.8) is 0 Å². The van der Waals surface area contributed by atoms with Crippen LogP contribution in [0, 0.1) is 8.99 Å². The zero-order chi connectivity index (χ0) is 20.7. The smallest absolute Gasteiger partial charge is 0.142 e. The van der Waals surface area contributed by atoms with E-state index in [0.29, 0.717) is 5.15 Å². The maximum Gasteiger partial charge on any atom is 0.142 e. The van der Waals surface area contributed by atoms with Crippen LogP contribution in [0.3, 0.4) is 0 Å². The molecule has 1 aromatic heterocycles. The van der Waals surface area contributed by atoms with Gasteiger partial charge in [-0.1, -0.05) is 37.1 Å². The van der Waals surface area contributed by atoms with Crippen LogP contribution >= 0.6 is 34.2 Å². The van der Waals surface area contributed by atoms with Gasteiger partial charge in [-0.15, -0.1) is 0 Å². The Kier molecular flexibility index (Phi) is 8.31. The first-order valence-electron chi connectivity index (χ1n) is 10.5. The first-order valence-corrected chi connectivity index (χ1v) is 11.9. The van der Waals surface area contributed by atoms with Crippen LogP contribution in [0.25, 0.3) is 0 Å². The molecule has 3 rings (SSSR count). The fraction of sp³-hybridized carbons (Fsp3) is 0.565. The van der Waals surface area contributed by atoms with Crippen molar-refractivity contribution < 1.29 is 4.74 Å². The van der Waals surface area contributed by atoms with Crippen molar-refractivity contribution in [1.29, 1.82) is 0 Å². The normalized spacial score (nSPS) is 24.1. The van der Waals surface area contributed by atoms with E-state index in [1.54, 1.807) is 0 Å². The maximum atomic E-state index is 6.31. The number of rotatable bonds is 8. The molecule has 2 fully saturated rings. The molecule has 1 atom stereocenters. The van der Waals surface area contributed by atoms with E-state index >= 15 is 0 Å². The van der Waals surface area contributed by atoms with Crippen LogP contribution in [-0.2, 0) is 11.3 Å². The van der Waals surface area contributed by atoms with Crippen molar-refractivity contribution in [3.8, 4) is 0 Å². The molecule has 4 nitrogen and oxygen atoms in total. The lowest BCUT2D eigenvalue weighted by atomic mass is 9.68. The molecule has 0 bridgehead atoms. The number of ether oxygens (including phenoxy) is 1. The Morgan fingerprint density at radius 1 is 1.41 bits per heavy atom. The molecular weight excluding hydrogens is 497 g/mol. The second-order valence-electron chi connectivity index (χ2n) is 8.24.